The standard InChI is InChI=1S/C16H14BrClN4O/c17-11-5-6-15-21-12(10-22(15)9-11)7-20-16(23)8-19-14-4-2-1-3-13(14)18/h1-6,9-10,19H,7-8H2,(H,20,23). The van der Waals surface area contributed by atoms with E-state index in [2.05, 4.69) is 31.5 Å². The zero-order chi connectivity index (χ0) is 16.2. The molecule has 0 radical (unpaired) electrons. The second-order valence-corrected chi connectivity index (χ2v) is 6.28. The van der Waals surface area contributed by atoms with Crippen molar-refractivity contribution in [3.8, 4) is 0 Å². The summed E-state index contributed by atoms with van der Waals surface area (Å²) in [5, 5.41) is 6.43. The molecule has 0 saturated heterocycles. The second kappa shape index (κ2) is 7.02. The molecule has 0 aliphatic carbocycles. The summed E-state index contributed by atoms with van der Waals surface area (Å²) in [6.07, 6.45) is 3.81. The normalized spacial score (nSPS) is 10.7. The Balaban J connectivity index is 1.54. The first-order valence-corrected chi connectivity index (χ1v) is 8.17. The van der Waals surface area contributed by atoms with E-state index in [1.807, 2.05) is 47.1 Å². The maximum atomic E-state index is 11.9. The number of fused-ring (bicyclic) bond motifs is 1. The van der Waals surface area contributed by atoms with Crippen LogP contribution in [-0.4, -0.2) is 21.8 Å². The van der Waals surface area contributed by atoms with Gasteiger partial charge >= 0.3 is 0 Å². The molecule has 23 heavy (non-hydrogen) atoms. The van der Waals surface area contributed by atoms with E-state index in [4.69, 9.17) is 11.6 Å². The van der Waals surface area contributed by atoms with Crippen LogP contribution >= 0.6 is 27.5 Å². The zero-order valence-corrected chi connectivity index (χ0v) is 14.4. The van der Waals surface area contributed by atoms with Gasteiger partial charge in [0, 0.05) is 16.9 Å². The quantitative estimate of drug-likeness (QED) is 0.698. The summed E-state index contributed by atoms with van der Waals surface area (Å²) < 4.78 is 2.88. The number of hydrogen-bond acceptors (Lipinski definition) is 3. The molecule has 118 valence electrons. The van der Waals surface area contributed by atoms with E-state index >= 15 is 0 Å². The van der Waals surface area contributed by atoms with Crippen LogP contribution in [0.5, 0.6) is 0 Å². The first kappa shape index (κ1) is 15.8. The van der Waals surface area contributed by atoms with Crippen LogP contribution in [0, 0.1) is 0 Å². The van der Waals surface area contributed by atoms with Crippen molar-refractivity contribution in [1.82, 2.24) is 14.7 Å². The number of pyridine rings is 1. The number of imidazole rings is 1. The van der Waals surface area contributed by atoms with E-state index in [-0.39, 0.29) is 12.5 Å². The molecule has 0 fully saturated rings. The lowest BCUT2D eigenvalue weighted by Gasteiger charge is -2.08. The lowest BCUT2D eigenvalue weighted by Crippen LogP contribution is -2.29. The Bertz CT molecular complexity index is 849. The lowest BCUT2D eigenvalue weighted by molar-refractivity contribution is -0.119. The molecule has 0 aliphatic heterocycles. The van der Waals surface area contributed by atoms with Crippen LogP contribution in [0.4, 0.5) is 5.69 Å². The van der Waals surface area contributed by atoms with Crippen molar-refractivity contribution in [2.75, 3.05) is 11.9 Å². The number of amides is 1. The fourth-order valence-corrected chi connectivity index (χ4v) is 2.69. The summed E-state index contributed by atoms with van der Waals surface area (Å²) in [5.41, 5.74) is 2.38. The van der Waals surface area contributed by atoms with E-state index in [0.29, 0.717) is 11.6 Å². The number of nitrogens with zero attached hydrogens (tertiary/aromatic N) is 2. The van der Waals surface area contributed by atoms with Crippen LogP contribution in [0.25, 0.3) is 5.65 Å². The van der Waals surface area contributed by atoms with Gasteiger partial charge in [0.2, 0.25) is 5.91 Å². The van der Waals surface area contributed by atoms with Gasteiger partial charge in [-0.05, 0) is 40.2 Å². The molecular weight excluding hydrogens is 380 g/mol. The van der Waals surface area contributed by atoms with Gasteiger partial charge in [0.05, 0.1) is 29.5 Å². The second-order valence-electron chi connectivity index (χ2n) is 4.96. The average Bonchev–Trinajstić information content (AvgIpc) is 2.94. The predicted molar refractivity (Wildman–Crippen MR) is 94.7 cm³/mol. The summed E-state index contributed by atoms with van der Waals surface area (Å²) >= 11 is 9.44. The first-order valence-electron chi connectivity index (χ1n) is 7.00. The minimum absolute atomic E-state index is 0.122. The van der Waals surface area contributed by atoms with E-state index < -0.39 is 0 Å². The number of hydrogen-bond donors (Lipinski definition) is 2. The Labute approximate surface area is 146 Å². The molecule has 7 heteroatoms. The number of para-hydroxylation sites is 1. The van der Waals surface area contributed by atoms with Gasteiger partial charge in [-0.2, -0.15) is 0 Å². The van der Waals surface area contributed by atoms with Gasteiger partial charge in [-0.25, -0.2) is 4.98 Å². The van der Waals surface area contributed by atoms with Gasteiger partial charge < -0.3 is 15.0 Å². The van der Waals surface area contributed by atoms with Crippen molar-refractivity contribution in [3.63, 3.8) is 0 Å². The SMILES string of the molecule is O=C(CNc1ccccc1Cl)NCc1cn2cc(Br)ccc2n1. The van der Waals surface area contributed by atoms with Crippen molar-refractivity contribution < 1.29 is 4.79 Å². The van der Waals surface area contributed by atoms with Crippen molar-refractivity contribution >= 4 is 44.8 Å². The fourth-order valence-electron chi connectivity index (χ4n) is 2.13. The number of nitrogens with one attached hydrogen (secondary N) is 2. The van der Waals surface area contributed by atoms with Crippen molar-refractivity contribution in [2.24, 2.45) is 0 Å². The first-order chi connectivity index (χ1) is 11.1. The maximum Gasteiger partial charge on any atom is 0.239 e. The van der Waals surface area contributed by atoms with Crippen LogP contribution in [0.15, 0.2) is 53.3 Å². The molecule has 0 bridgehead atoms. The maximum absolute atomic E-state index is 11.9. The Morgan fingerprint density at radius 1 is 1.22 bits per heavy atom. The summed E-state index contributed by atoms with van der Waals surface area (Å²) in [5.74, 6) is -0.122. The molecule has 2 N–H and O–H groups in total. The van der Waals surface area contributed by atoms with Crippen LogP contribution in [0.2, 0.25) is 5.02 Å². The number of anilines is 1. The highest BCUT2D eigenvalue weighted by atomic mass is 79.9. The third kappa shape index (κ3) is 4.03. The van der Waals surface area contributed by atoms with Crippen molar-refractivity contribution in [2.45, 2.75) is 6.54 Å². The molecule has 3 aromatic rings. The van der Waals surface area contributed by atoms with Crippen LogP contribution in [0.3, 0.4) is 0 Å². The minimum Gasteiger partial charge on any atom is -0.375 e. The number of halogens is 2. The van der Waals surface area contributed by atoms with Crippen molar-refractivity contribution in [1.29, 1.82) is 0 Å². The number of aromatic nitrogens is 2. The Morgan fingerprint density at radius 3 is 2.87 bits per heavy atom. The monoisotopic (exact) mass is 392 g/mol. The molecule has 3 rings (SSSR count). The molecule has 0 aliphatic rings. The molecule has 1 aromatic carbocycles. The molecule has 1 amide bonds. The average molecular weight is 394 g/mol. The highest BCUT2D eigenvalue weighted by molar-refractivity contribution is 9.10. The van der Waals surface area contributed by atoms with Gasteiger partial charge in [0.15, 0.2) is 0 Å². The van der Waals surface area contributed by atoms with Gasteiger partial charge in [-0.15, -0.1) is 0 Å². The van der Waals surface area contributed by atoms with Crippen LogP contribution < -0.4 is 10.6 Å². The number of rotatable bonds is 5. The summed E-state index contributed by atoms with van der Waals surface area (Å²) in [7, 11) is 0. The lowest BCUT2D eigenvalue weighted by atomic mass is 10.3. The van der Waals surface area contributed by atoms with Crippen molar-refractivity contribution in [3.05, 3.63) is 64.0 Å². The number of carbonyl (C=O) groups excluding carboxylic acids is 1. The van der Waals surface area contributed by atoms with Crippen LogP contribution in [0.1, 0.15) is 5.69 Å². The molecule has 0 unspecified atom stereocenters. The third-order valence-electron chi connectivity index (χ3n) is 3.24. The van der Waals surface area contributed by atoms with Crippen LogP contribution in [-0.2, 0) is 11.3 Å². The summed E-state index contributed by atoms with van der Waals surface area (Å²) in [6.45, 7) is 0.533. The number of benzene rings is 1. The number of carbonyl (C=O) groups is 1. The smallest absolute Gasteiger partial charge is 0.239 e. The third-order valence-corrected chi connectivity index (χ3v) is 4.04. The zero-order valence-electron chi connectivity index (χ0n) is 12.1. The largest absolute Gasteiger partial charge is 0.375 e. The Hall–Kier alpha value is -2.05. The Kier molecular flexibility index (Phi) is 4.83. The molecule has 0 spiro atoms. The van der Waals surface area contributed by atoms with Gasteiger partial charge in [-0.3, -0.25) is 4.79 Å². The molecular formula is C16H14BrClN4O. The summed E-state index contributed by atoms with van der Waals surface area (Å²) in [4.78, 5) is 16.4. The van der Waals surface area contributed by atoms with E-state index in [9.17, 15) is 4.79 Å². The van der Waals surface area contributed by atoms with Gasteiger partial charge in [0.1, 0.15) is 5.65 Å². The fraction of sp³-hybridized carbons (Fsp3) is 0.125. The van der Waals surface area contributed by atoms with E-state index in [0.717, 1.165) is 21.5 Å². The van der Waals surface area contributed by atoms with Gasteiger partial charge in [-0.1, -0.05) is 23.7 Å². The topological polar surface area (TPSA) is 58.4 Å². The summed E-state index contributed by atoms with van der Waals surface area (Å²) in [6, 6.07) is 11.1. The molecule has 5 nitrogen and oxygen atoms in total. The highest BCUT2D eigenvalue weighted by Crippen LogP contribution is 2.19. The molecule has 0 saturated carbocycles. The highest BCUT2D eigenvalue weighted by Gasteiger charge is 2.06. The molecule has 2 aromatic heterocycles. The van der Waals surface area contributed by atoms with E-state index in [1.165, 1.54) is 0 Å². The predicted octanol–water partition coefficient (Wildman–Crippen LogP) is 3.48. The molecule has 2 heterocycles. The van der Waals surface area contributed by atoms with E-state index in [1.54, 1.807) is 6.07 Å². The Morgan fingerprint density at radius 2 is 2.04 bits per heavy atom. The van der Waals surface area contributed by atoms with Gasteiger partial charge in [0.25, 0.3) is 0 Å². The molecule has 0 atom stereocenters. The minimum atomic E-state index is -0.122.